The number of hydrogen-bond acceptors (Lipinski definition) is 5. The molecule has 0 radical (unpaired) electrons. The van der Waals surface area contributed by atoms with Crippen molar-refractivity contribution >= 4 is 11.4 Å². The standard InChI is InChI=1S/C23H24O5/c1-12(2)5-6-15-11-17-20(26)21(27)22(14-7-9-16(24)10-8-14)28-23(17)18(13(3)4)19(15)25/h5,7-11,21-22,24-25,27H,3,6H2,1-2,4H3/t21-,22+/m0/s1. The molecule has 0 saturated carbocycles. The fraction of sp³-hybridized carbons (Fsp3) is 0.261. The number of aromatic hydroxyl groups is 2. The number of ether oxygens (including phenoxy) is 1. The Hall–Kier alpha value is -3.05. The number of aliphatic hydroxyl groups is 1. The van der Waals surface area contributed by atoms with Crippen LogP contribution in [0.5, 0.6) is 17.2 Å². The summed E-state index contributed by atoms with van der Waals surface area (Å²) in [4.78, 5) is 12.9. The average Bonchev–Trinajstić information content (AvgIpc) is 2.63. The first-order valence-electron chi connectivity index (χ1n) is 9.06. The molecule has 0 saturated heterocycles. The highest BCUT2D eigenvalue weighted by atomic mass is 16.5. The number of aliphatic hydroxyl groups excluding tert-OH is 1. The predicted octanol–water partition coefficient (Wildman–Crippen LogP) is 4.32. The third-order valence-corrected chi connectivity index (χ3v) is 4.78. The number of fused-ring (bicyclic) bond motifs is 1. The number of Topliss-reactive ketones (excluding diaryl/α,β-unsaturated/α-hetero) is 1. The van der Waals surface area contributed by atoms with Crippen LogP contribution in [0.25, 0.3) is 5.57 Å². The Morgan fingerprint density at radius 2 is 1.82 bits per heavy atom. The molecule has 0 amide bonds. The monoisotopic (exact) mass is 380 g/mol. The van der Waals surface area contributed by atoms with E-state index in [4.69, 9.17) is 4.74 Å². The second kappa shape index (κ2) is 7.52. The number of hydrogen-bond donors (Lipinski definition) is 3. The molecule has 5 nitrogen and oxygen atoms in total. The van der Waals surface area contributed by atoms with Crippen molar-refractivity contribution in [1.82, 2.24) is 0 Å². The lowest BCUT2D eigenvalue weighted by atomic mass is 9.88. The third kappa shape index (κ3) is 3.53. The van der Waals surface area contributed by atoms with E-state index >= 15 is 0 Å². The summed E-state index contributed by atoms with van der Waals surface area (Å²) < 4.78 is 6.01. The molecule has 1 aliphatic rings. The molecule has 3 rings (SSSR count). The minimum atomic E-state index is -1.39. The van der Waals surface area contributed by atoms with E-state index in [0.29, 0.717) is 28.7 Å². The molecule has 5 heteroatoms. The Bertz CT molecular complexity index is 965. The van der Waals surface area contributed by atoms with Gasteiger partial charge in [-0.3, -0.25) is 4.79 Å². The second-order valence-corrected chi connectivity index (χ2v) is 7.34. The molecule has 2 aromatic carbocycles. The van der Waals surface area contributed by atoms with Crippen LogP contribution in [-0.4, -0.2) is 27.2 Å². The lowest BCUT2D eigenvalue weighted by molar-refractivity contribution is 0.0214. The van der Waals surface area contributed by atoms with Gasteiger partial charge in [0, 0.05) is 0 Å². The molecule has 146 valence electrons. The van der Waals surface area contributed by atoms with E-state index in [0.717, 1.165) is 5.57 Å². The summed E-state index contributed by atoms with van der Waals surface area (Å²) in [5.74, 6) is -0.151. The first-order chi connectivity index (χ1) is 13.2. The molecule has 0 aromatic heterocycles. The Balaban J connectivity index is 2.15. The maximum atomic E-state index is 12.9. The summed E-state index contributed by atoms with van der Waals surface area (Å²) in [6, 6.07) is 7.68. The summed E-state index contributed by atoms with van der Waals surface area (Å²) >= 11 is 0. The highest BCUT2D eigenvalue weighted by molar-refractivity contribution is 6.05. The zero-order valence-corrected chi connectivity index (χ0v) is 16.2. The van der Waals surface area contributed by atoms with Crippen LogP contribution in [0.4, 0.5) is 0 Å². The fourth-order valence-electron chi connectivity index (χ4n) is 3.28. The number of ketones is 1. The Kier molecular flexibility index (Phi) is 5.29. The van der Waals surface area contributed by atoms with Gasteiger partial charge < -0.3 is 20.1 Å². The summed E-state index contributed by atoms with van der Waals surface area (Å²) in [6.07, 6.45) is 0.0672. The van der Waals surface area contributed by atoms with Crippen molar-refractivity contribution in [2.75, 3.05) is 0 Å². The van der Waals surface area contributed by atoms with Gasteiger partial charge in [-0.1, -0.05) is 30.4 Å². The molecule has 2 aromatic rings. The molecule has 1 aliphatic heterocycles. The van der Waals surface area contributed by atoms with Crippen molar-refractivity contribution in [3.05, 3.63) is 70.8 Å². The van der Waals surface area contributed by atoms with Crippen LogP contribution in [0.1, 0.15) is 53.9 Å². The van der Waals surface area contributed by atoms with Crippen molar-refractivity contribution in [3.63, 3.8) is 0 Å². The van der Waals surface area contributed by atoms with E-state index in [2.05, 4.69) is 6.58 Å². The van der Waals surface area contributed by atoms with E-state index in [-0.39, 0.29) is 22.8 Å². The van der Waals surface area contributed by atoms with E-state index in [1.54, 1.807) is 25.1 Å². The highest BCUT2D eigenvalue weighted by Crippen LogP contribution is 2.45. The van der Waals surface area contributed by atoms with Gasteiger partial charge >= 0.3 is 0 Å². The Morgan fingerprint density at radius 1 is 1.18 bits per heavy atom. The lowest BCUT2D eigenvalue weighted by Gasteiger charge is -2.32. The van der Waals surface area contributed by atoms with Gasteiger partial charge in [-0.2, -0.15) is 0 Å². The maximum absolute atomic E-state index is 12.9. The predicted molar refractivity (Wildman–Crippen MR) is 108 cm³/mol. The van der Waals surface area contributed by atoms with Gasteiger partial charge in [0.25, 0.3) is 0 Å². The topological polar surface area (TPSA) is 87.0 Å². The number of rotatable bonds is 4. The van der Waals surface area contributed by atoms with Crippen molar-refractivity contribution in [1.29, 1.82) is 0 Å². The van der Waals surface area contributed by atoms with Crippen LogP contribution in [0.2, 0.25) is 0 Å². The van der Waals surface area contributed by atoms with E-state index in [1.807, 2.05) is 19.9 Å². The van der Waals surface area contributed by atoms with Crippen LogP contribution in [-0.2, 0) is 6.42 Å². The van der Waals surface area contributed by atoms with Crippen LogP contribution in [0.3, 0.4) is 0 Å². The van der Waals surface area contributed by atoms with E-state index < -0.39 is 18.0 Å². The molecule has 0 spiro atoms. The van der Waals surface area contributed by atoms with Crippen LogP contribution < -0.4 is 4.74 Å². The van der Waals surface area contributed by atoms with Crippen LogP contribution in [0, 0.1) is 0 Å². The van der Waals surface area contributed by atoms with Gasteiger partial charge in [0.2, 0.25) is 0 Å². The van der Waals surface area contributed by atoms with Crippen LogP contribution >= 0.6 is 0 Å². The average molecular weight is 380 g/mol. The molecule has 0 unspecified atom stereocenters. The number of phenols is 2. The van der Waals surface area contributed by atoms with Crippen molar-refractivity contribution in [2.24, 2.45) is 0 Å². The molecule has 1 heterocycles. The number of carbonyl (C=O) groups is 1. The summed E-state index contributed by atoms with van der Waals surface area (Å²) in [6.45, 7) is 9.56. The number of carbonyl (C=O) groups excluding carboxylic acids is 1. The summed E-state index contributed by atoms with van der Waals surface area (Å²) in [5.41, 5.74) is 3.37. The van der Waals surface area contributed by atoms with E-state index in [9.17, 15) is 20.1 Å². The normalized spacial score (nSPS) is 18.2. The lowest BCUT2D eigenvalue weighted by Crippen LogP contribution is -2.36. The smallest absolute Gasteiger partial charge is 0.199 e. The minimum absolute atomic E-state index is 0.0254. The largest absolute Gasteiger partial charge is 0.508 e. The molecule has 28 heavy (non-hydrogen) atoms. The molecule has 0 aliphatic carbocycles. The fourth-order valence-corrected chi connectivity index (χ4v) is 3.28. The first kappa shape index (κ1) is 19.7. The summed E-state index contributed by atoms with van der Waals surface area (Å²) in [7, 11) is 0. The van der Waals surface area contributed by atoms with Crippen molar-refractivity contribution < 1.29 is 24.9 Å². The van der Waals surface area contributed by atoms with Gasteiger partial charge in [0.15, 0.2) is 18.0 Å². The van der Waals surface area contributed by atoms with E-state index in [1.165, 1.54) is 12.1 Å². The zero-order valence-electron chi connectivity index (χ0n) is 16.2. The Labute approximate surface area is 164 Å². The highest BCUT2D eigenvalue weighted by Gasteiger charge is 2.39. The minimum Gasteiger partial charge on any atom is -0.508 e. The number of phenolic OH excluding ortho intramolecular Hbond substituents is 2. The van der Waals surface area contributed by atoms with Gasteiger partial charge in [-0.05, 0) is 62.1 Å². The first-order valence-corrected chi connectivity index (χ1v) is 9.06. The maximum Gasteiger partial charge on any atom is 0.199 e. The van der Waals surface area contributed by atoms with Gasteiger partial charge in [-0.15, -0.1) is 0 Å². The SMILES string of the molecule is C=C(C)c1c(O)c(CC=C(C)C)cc2c1O[C@H](c1ccc(O)cc1)[C@@H](O)C2=O. The molecule has 3 N–H and O–H groups in total. The molecule has 0 fully saturated rings. The van der Waals surface area contributed by atoms with Gasteiger partial charge in [-0.25, -0.2) is 0 Å². The van der Waals surface area contributed by atoms with Crippen LogP contribution in [0.15, 0.2) is 48.6 Å². The third-order valence-electron chi connectivity index (χ3n) is 4.78. The summed E-state index contributed by atoms with van der Waals surface area (Å²) in [5, 5.41) is 30.9. The van der Waals surface area contributed by atoms with Crippen molar-refractivity contribution in [3.8, 4) is 17.2 Å². The quantitative estimate of drug-likeness (QED) is 0.688. The second-order valence-electron chi connectivity index (χ2n) is 7.34. The molecular formula is C23H24O5. The zero-order chi connectivity index (χ0) is 20.6. The van der Waals surface area contributed by atoms with Gasteiger partial charge in [0.1, 0.15) is 17.2 Å². The Morgan fingerprint density at radius 3 is 2.39 bits per heavy atom. The number of benzene rings is 2. The number of allylic oxidation sites excluding steroid dienone is 3. The molecular weight excluding hydrogens is 356 g/mol. The van der Waals surface area contributed by atoms with Crippen molar-refractivity contribution in [2.45, 2.75) is 39.4 Å². The molecule has 2 atom stereocenters. The molecule has 0 bridgehead atoms. The van der Waals surface area contributed by atoms with Gasteiger partial charge in [0.05, 0.1) is 11.1 Å².